The van der Waals surface area contributed by atoms with Crippen LogP contribution < -0.4 is 4.90 Å². The summed E-state index contributed by atoms with van der Waals surface area (Å²) in [6.45, 7) is 0. The Morgan fingerprint density at radius 1 is 1.03 bits per heavy atom. The maximum Gasteiger partial charge on any atom is 0.300 e. The maximum absolute atomic E-state index is 13.8. The second kappa shape index (κ2) is 7.48. The largest absolute Gasteiger partial charge is 0.507 e. The molecule has 0 aliphatic carbocycles. The van der Waals surface area contributed by atoms with Gasteiger partial charge in [-0.1, -0.05) is 23.7 Å². The van der Waals surface area contributed by atoms with Crippen LogP contribution in [0.5, 0.6) is 0 Å². The minimum atomic E-state index is -1.01. The van der Waals surface area contributed by atoms with Gasteiger partial charge in [-0.25, -0.2) is 4.39 Å². The lowest BCUT2D eigenvalue weighted by molar-refractivity contribution is -0.132. The van der Waals surface area contributed by atoms with Gasteiger partial charge >= 0.3 is 0 Å². The number of amides is 1. The van der Waals surface area contributed by atoms with Crippen LogP contribution in [0.1, 0.15) is 17.3 Å². The molecule has 7 heteroatoms. The quantitative estimate of drug-likeness (QED) is 0.393. The van der Waals surface area contributed by atoms with Crippen LogP contribution in [0, 0.1) is 5.82 Å². The second-order valence-electron chi connectivity index (χ2n) is 6.41. The Balaban J connectivity index is 1.94. The summed E-state index contributed by atoms with van der Waals surface area (Å²) in [5.41, 5.74) is 0.761. The number of Topliss-reactive ketones (excluding diaryl/α,β-unsaturated/α-hetero) is 1. The summed E-state index contributed by atoms with van der Waals surface area (Å²) >= 11 is 5.90. The van der Waals surface area contributed by atoms with Gasteiger partial charge in [0, 0.05) is 22.5 Å². The minimum Gasteiger partial charge on any atom is -0.507 e. The van der Waals surface area contributed by atoms with Crippen LogP contribution in [0.3, 0.4) is 0 Å². The van der Waals surface area contributed by atoms with Gasteiger partial charge in [0.25, 0.3) is 11.7 Å². The molecule has 5 nitrogen and oxygen atoms in total. The fourth-order valence-corrected chi connectivity index (χ4v) is 3.43. The topological polar surface area (TPSA) is 70.5 Å². The zero-order valence-corrected chi connectivity index (χ0v) is 15.7. The summed E-state index contributed by atoms with van der Waals surface area (Å²) in [5, 5.41) is 11.3. The third-order valence-electron chi connectivity index (χ3n) is 4.62. The van der Waals surface area contributed by atoms with E-state index >= 15 is 0 Å². The summed E-state index contributed by atoms with van der Waals surface area (Å²) < 4.78 is 13.8. The van der Waals surface area contributed by atoms with Gasteiger partial charge in [0.15, 0.2) is 0 Å². The van der Waals surface area contributed by atoms with Crippen LogP contribution in [0.2, 0.25) is 5.02 Å². The van der Waals surface area contributed by atoms with Crippen molar-refractivity contribution < 1.29 is 19.1 Å². The Hall–Kier alpha value is -3.51. The number of anilines is 1. The molecule has 3 aromatic rings. The highest BCUT2D eigenvalue weighted by molar-refractivity contribution is 6.51. The third-order valence-corrected chi connectivity index (χ3v) is 4.87. The number of pyridine rings is 1. The average Bonchev–Trinajstić information content (AvgIpc) is 2.99. The van der Waals surface area contributed by atoms with Gasteiger partial charge in [0.2, 0.25) is 0 Å². The van der Waals surface area contributed by atoms with Crippen LogP contribution in [-0.4, -0.2) is 21.8 Å². The zero-order valence-electron chi connectivity index (χ0n) is 14.9. The fraction of sp³-hybridized carbons (Fsp3) is 0.0455. The molecule has 1 amide bonds. The summed E-state index contributed by atoms with van der Waals surface area (Å²) in [6.07, 6.45) is 1.52. The van der Waals surface area contributed by atoms with Crippen molar-refractivity contribution in [3.63, 3.8) is 0 Å². The van der Waals surface area contributed by atoms with Gasteiger partial charge < -0.3 is 5.11 Å². The van der Waals surface area contributed by atoms with E-state index < -0.39 is 23.5 Å². The SMILES string of the molecule is O=C1C(=O)N(c2cccc(F)c2)C(c2ccccn2)/C1=C(\O)c1ccc(Cl)cc1. The molecular weight excluding hydrogens is 395 g/mol. The smallest absolute Gasteiger partial charge is 0.300 e. The number of hydrogen-bond acceptors (Lipinski definition) is 4. The Bertz CT molecular complexity index is 1130. The van der Waals surface area contributed by atoms with E-state index in [1.54, 1.807) is 42.5 Å². The van der Waals surface area contributed by atoms with Crippen molar-refractivity contribution in [3.05, 3.63) is 101 Å². The molecule has 1 aliphatic rings. The van der Waals surface area contributed by atoms with Crippen molar-refractivity contribution >= 4 is 34.7 Å². The minimum absolute atomic E-state index is 0.125. The second-order valence-corrected chi connectivity index (χ2v) is 6.85. The monoisotopic (exact) mass is 408 g/mol. The van der Waals surface area contributed by atoms with E-state index in [-0.39, 0.29) is 17.0 Å². The molecule has 4 rings (SSSR count). The lowest BCUT2D eigenvalue weighted by atomic mass is 9.98. The van der Waals surface area contributed by atoms with Gasteiger partial charge in [0.1, 0.15) is 17.6 Å². The fourth-order valence-electron chi connectivity index (χ4n) is 3.31. The van der Waals surface area contributed by atoms with Crippen molar-refractivity contribution in [2.75, 3.05) is 4.90 Å². The summed E-state index contributed by atoms with van der Waals surface area (Å²) in [4.78, 5) is 31.2. The number of rotatable bonds is 3. The van der Waals surface area contributed by atoms with Crippen LogP contribution in [0.15, 0.2) is 78.5 Å². The molecular formula is C22H14ClFN2O3. The van der Waals surface area contributed by atoms with Crippen molar-refractivity contribution in [2.24, 2.45) is 0 Å². The highest BCUT2D eigenvalue weighted by atomic mass is 35.5. The molecule has 0 bridgehead atoms. The number of ketones is 1. The molecule has 1 aliphatic heterocycles. The highest BCUT2D eigenvalue weighted by Crippen LogP contribution is 2.41. The van der Waals surface area contributed by atoms with E-state index in [4.69, 9.17) is 11.6 Å². The number of nitrogens with zero attached hydrogens (tertiary/aromatic N) is 2. The van der Waals surface area contributed by atoms with Crippen molar-refractivity contribution in [3.8, 4) is 0 Å². The van der Waals surface area contributed by atoms with Crippen LogP contribution in [0.25, 0.3) is 5.76 Å². The third kappa shape index (κ3) is 3.39. The maximum atomic E-state index is 13.8. The van der Waals surface area contributed by atoms with E-state index in [0.29, 0.717) is 16.3 Å². The number of halogens is 2. The molecule has 1 fully saturated rings. The predicted molar refractivity (Wildman–Crippen MR) is 107 cm³/mol. The molecule has 2 heterocycles. The number of benzene rings is 2. The Morgan fingerprint density at radius 2 is 1.79 bits per heavy atom. The average molecular weight is 409 g/mol. The Kier molecular flexibility index (Phi) is 4.86. The molecule has 0 saturated carbocycles. The molecule has 1 saturated heterocycles. The predicted octanol–water partition coefficient (Wildman–Crippen LogP) is 4.50. The molecule has 0 spiro atoms. The molecule has 1 N–H and O–H groups in total. The lowest BCUT2D eigenvalue weighted by Gasteiger charge is -2.24. The first-order chi connectivity index (χ1) is 14.0. The molecule has 1 aromatic heterocycles. The Morgan fingerprint density at radius 3 is 2.45 bits per heavy atom. The number of aliphatic hydroxyl groups is 1. The highest BCUT2D eigenvalue weighted by Gasteiger charge is 2.47. The van der Waals surface area contributed by atoms with E-state index in [9.17, 15) is 19.1 Å². The van der Waals surface area contributed by atoms with Gasteiger partial charge in [-0.3, -0.25) is 19.5 Å². The molecule has 2 aromatic carbocycles. The Labute approximate surface area is 170 Å². The van der Waals surface area contributed by atoms with Crippen molar-refractivity contribution in [2.45, 2.75) is 6.04 Å². The number of hydrogen-bond donors (Lipinski definition) is 1. The molecule has 0 radical (unpaired) electrons. The molecule has 1 atom stereocenters. The number of aliphatic hydroxyl groups excluding tert-OH is 1. The normalized spacial score (nSPS) is 18.3. The molecule has 29 heavy (non-hydrogen) atoms. The van der Waals surface area contributed by atoms with E-state index in [1.807, 2.05) is 0 Å². The van der Waals surface area contributed by atoms with E-state index in [2.05, 4.69) is 4.98 Å². The van der Waals surface area contributed by atoms with Gasteiger partial charge in [-0.2, -0.15) is 0 Å². The van der Waals surface area contributed by atoms with Gasteiger partial charge in [0.05, 0.1) is 11.3 Å². The summed E-state index contributed by atoms with van der Waals surface area (Å²) in [5.74, 6) is -2.66. The first-order valence-electron chi connectivity index (χ1n) is 8.71. The van der Waals surface area contributed by atoms with Crippen LogP contribution in [-0.2, 0) is 9.59 Å². The molecule has 144 valence electrons. The van der Waals surface area contributed by atoms with E-state index in [0.717, 1.165) is 11.0 Å². The van der Waals surface area contributed by atoms with Crippen LogP contribution >= 0.6 is 11.6 Å². The summed E-state index contributed by atoms with van der Waals surface area (Å²) in [7, 11) is 0. The zero-order chi connectivity index (χ0) is 20.5. The van der Waals surface area contributed by atoms with Crippen molar-refractivity contribution in [1.82, 2.24) is 4.98 Å². The molecule has 1 unspecified atom stereocenters. The van der Waals surface area contributed by atoms with Gasteiger partial charge in [-0.05, 0) is 54.6 Å². The standard InChI is InChI=1S/C22H14ClFN2O3/c23-14-9-7-13(8-10-14)20(27)18-19(17-6-1-2-11-25-17)26(22(29)21(18)28)16-5-3-4-15(24)12-16/h1-12,19,27H/b20-18+. The lowest BCUT2D eigenvalue weighted by Crippen LogP contribution is -2.29. The van der Waals surface area contributed by atoms with E-state index in [1.165, 1.54) is 24.4 Å². The van der Waals surface area contributed by atoms with Gasteiger partial charge in [-0.15, -0.1) is 0 Å². The van der Waals surface area contributed by atoms with Crippen LogP contribution in [0.4, 0.5) is 10.1 Å². The van der Waals surface area contributed by atoms with Crippen molar-refractivity contribution in [1.29, 1.82) is 0 Å². The first kappa shape index (κ1) is 18.8. The number of carbonyl (C=O) groups is 2. The number of aromatic nitrogens is 1. The number of carbonyl (C=O) groups excluding carboxylic acids is 2. The summed E-state index contributed by atoms with van der Waals surface area (Å²) in [6, 6.07) is 15.6. The first-order valence-corrected chi connectivity index (χ1v) is 9.08.